The zero-order chi connectivity index (χ0) is 14.4. The number of hydrogen-bond acceptors (Lipinski definition) is 3. The molecule has 4 unspecified atom stereocenters. The van der Waals surface area contributed by atoms with Gasteiger partial charge < -0.3 is 15.0 Å². The summed E-state index contributed by atoms with van der Waals surface area (Å²) in [4.78, 5) is 2.65. The van der Waals surface area contributed by atoms with Gasteiger partial charge in [-0.15, -0.1) is 0 Å². The Hall–Kier alpha value is -0.120. The van der Waals surface area contributed by atoms with Crippen molar-refractivity contribution in [3.8, 4) is 0 Å². The van der Waals surface area contributed by atoms with Crippen LogP contribution in [0.3, 0.4) is 0 Å². The number of piperidine rings is 1. The molecule has 3 nitrogen and oxygen atoms in total. The molecular formula is C17H34N2O. The second kappa shape index (κ2) is 8.35. The maximum absolute atomic E-state index is 5.57. The van der Waals surface area contributed by atoms with Crippen molar-refractivity contribution < 1.29 is 4.74 Å². The fraction of sp³-hybridized carbons (Fsp3) is 1.00. The molecule has 1 N–H and O–H groups in total. The zero-order valence-electron chi connectivity index (χ0n) is 13.7. The van der Waals surface area contributed by atoms with Gasteiger partial charge in [-0.1, -0.05) is 19.8 Å². The van der Waals surface area contributed by atoms with E-state index in [1.807, 2.05) is 7.11 Å². The quantitative estimate of drug-likeness (QED) is 0.811. The van der Waals surface area contributed by atoms with E-state index in [0.29, 0.717) is 6.10 Å². The van der Waals surface area contributed by atoms with Crippen molar-refractivity contribution in [3.63, 3.8) is 0 Å². The summed E-state index contributed by atoms with van der Waals surface area (Å²) in [5.74, 6) is 1.80. The first kappa shape index (κ1) is 16.3. The van der Waals surface area contributed by atoms with Crippen LogP contribution in [0.25, 0.3) is 0 Å². The van der Waals surface area contributed by atoms with Crippen LogP contribution in [0.4, 0.5) is 0 Å². The summed E-state index contributed by atoms with van der Waals surface area (Å²) in [7, 11) is 4.01. The minimum atomic E-state index is 0.465. The third kappa shape index (κ3) is 4.44. The second-order valence-corrected chi connectivity index (χ2v) is 6.88. The number of nitrogens with zero attached hydrogens (tertiary/aromatic N) is 1. The summed E-state index contributed by atoms with van der Waals surface area (Å²) in [6.45, 7) is 6.01. The molecule has 0 amide bonds. The number of nitrogens with one attached hydrogen (secondary N) is 1. The number of likely N-dealkylation sites (tertiary alicyclic amines) is 1. The molecule has 0 aromatic carbocycles. The minimum Gasteiger partial charge on any atom is -0.380 e. The van der Waals surface area contributed by atoms with E-state index in [-0.39, 0.29) is 0 Å². The van der Waals surface area contributed by atoms with Crippen LogP contribution in [-0.4, -0.2) is 50.8 Å². The molecule has 1 heterocycles. The Labute approximate surface area is 125 Å². The molecule has 0 aromatic heterocycles. The maximum Gasteiger partial charge on any atom is 0.0698 e. The molecule has 1 saturated heterocycles. The highest BCUT2D eigenvalue weighted by Crippen LogP contribution is 2.33. The lowest BCUT2D eigenvalue weighted by molar-refractivity contribution is 0.0186. The highest BCUT2D eigenvalue weighted by molar-refractivity contribution is 4.87. The molecule has 2 fully saturated rings. The van der Waals surface area contributed by atoms with Gasteiger partial charge in [0.25, 0.3) is 0 Å². The van der Waals surface area contributed by atoms with Crippen LogP contribution >= 0.6 is 0 Å². The summed E-state index contributed by atoms with van der Waals surface area (Å²) >= 11 is 0. The van der Waals surface area contributed by atoms with Gasteiger partial charge in [0.15, 0.2) is 0 Å². The van der Waals surface area contributed by atoms with Gasteiger partial charge in [0.05, 0.1) is 6.10 Å². The van der Waals surface area contributed by atoms with E-state index in [0.717, 1.165) is 24.4 Å². The van der Waals surface area contributed by atoms with E-state index < -0.39 is 0 Å². The van der Waals surface area contributed by atoms with Crippen LogP contribution in [-0.2, 0) is 4.74 Å². The van der Waals surface area contributed by atoms with Crippen molar-refractivity contribution >= 4 is 0 Å². The number of methoxy groups -OCH3 is 1. The summed E-state index contributed by atoms with van der Waals surface area (Å²) < 4.78 is 5.57. The number of ether oxygens (including phenoxy) is 1. The Bertz CT molecular complexity index is 272. The predicted molar refractivity (Wildman–Crippen MR) is 85.1 cm³/mol. The molecule has 1 saturated carbocycles. The molecule has 118 valence electrons. The SMILES string of the molecule is CCCC1CCC(NC)C(CN2CCCC(OC)C2)C1. The van der Waals surface area contributed by atoms with Crippen molar-refractivity contribution in [2.45, 2.75) is 64.0 Å². The van der Waals surface area contributed by atoms with Gasteiger partial charge in [-0.25, -0.2) is 0 Å². The first-order valence-corrected chi connectivity index (χ1v) is 8.69. The molecule has 2 aliphatic rings. The van der Waals surface area contributed by atoms with E-state index in [1.54, 1.807) is 0 Å². The summed E-state index contributed by atoms with van der Waals surface area (Å²) in [5, 5.41) is 3.57. The highest BCUT2D eigenvalue weighted by Gasteiger charge is 2.31. The molecule has 1 aliphatic heterocycles. The van der Waals surface area contributed by atoms with Crippen molar-refractivity contribution in [2.75, 3.05) is 33.8 Å². The minimum absolute atomic E-state index is 0.465. The second-order valence-electron chi connectivity index (χ2n) is 6.88. The average Bonchev–Trinajstić information content (AvgIpc) is 2.48. The molecule has 0 bridgehead atoms. The van der Waals surface area contributed by atoms with E-state index >= 15 is 0 Å². The van der Waals surface area contributed by atoms with E-state index in [2.05, 4.69) is 24.2 Å². The smallest absolute Gasteiger partial charge is 0.0698 e. The maximum atomic E-state index is 5.57. The van der Waals surface area contributed by atoms with E-state index in [1.165, 1.54) is 58.0 Å². The first-order chi connectivity index (χ1) is 9.76. The summed E-state index contributed by atoms with van der Waals surface area (Å²) in [5.41, 5.74) is 0. The summed E-state index contributed by atoms with van der Waals surface area (Å²) in [6.07, 6.45) is 9.99. The molecule has 0 aromatic rings. The molecule has 3 heteroatoms. The molecular weight excluding hydrogens is 248 g/mol. The summed E-state index contributed by atoms with van der Waals surface area (Å²) in [6, 6.07) is 0.728. The Morgan fingerprint density at radius 3 is 2.80 bits per heavy atom. The Kier molecular flexibility index (Phi) is 6.79. The van der Waals surface area contributed by atoms with Crippen molar-refractivity contribution in [2.24, 2.45) is 11.8 Å². The lowest BCUT2D eigenvalue weighted by Crippen LogP contribution is -2.48. The number of hydrogen-bond donors (Lipinski definition) is 1. The average molecular weight is 282 g/mol. The topological polar surface area (TPSA) is 24.5 Å². The van der Waals surface area contributed by atoms with Crippen molar-refractivity contribution in [1.82, 2.24) is 10.2 Å². The van der Waals surface area contributed by atoms with Gasteiger partial charge in [-0.2, -0.15) is 0 Å². The van der Waals surface area contributed by atoms with Crippen molar-refractivity contribution in [3.05, 3.63) is 0 Å². The van der Waals surface area contributed by atoms with Gasteiger partial charge in [0, 0.05) is 26.2 Å². The van der Waals surface area contributed by atoms with Gasteiger partial charge in [-0.05, 0) is 57.5 Å². The van der Waals surface area contributed by atoms with Crippen molar-refractivity contribution in [1.29, 1.82) is 0 Å². The Balaban J connectivity index is 1.86. The Morgan fingerprint density at radius 1 is 1.25 bits per heavy atom. The van der Waals surface area contributed by atoms with Crippen LogP contribution in [0.2, 0.25) is 0 Å². The predicted octanol–water partition coefficient (Wildman–Crippen LogP) is 2.90. The zero-order valence-corrected chi connectivity index (χ0v) is 13.7. The molecule has 2 rings (SSSR count). The monoisotopic (exact) mass is 282 g/mol. The van der Waals surface area contributed by atoms with Crippen LogP contribution in [0.5, 0.6) is 0 Å². The molecule has 0 radical (unpaired) electrons. The van der Waals surface area contributed by atoms with Gasteiger partial charge in [0.1, 0.15) is 0 Å². The molecule has 1 aliphatic carbocycles. The van der Waals surface area contributed by atoms with Crippen LogP contribution < -0.4 is 5.32 Å². The van der Waals surface area contributed by atoms with Gasteiger partial charge in [-0.3, -0.25) is 0 Å². The fourth-order valence-corrected chi connectivity index (χ4v) is 4.32. The number of rotatable bonds is 6. The first-order valence-electron chi connectivity index (χ1n) is 8.69. The lowest BCUT2D eigenvalue weighted by Gasteiger charge is -2.41. The standard InChI is InChI=1S/C17H34N2O/c1-4-6-14-8-9-17(18-2)15(11-14)12-19-10-5-7-16(13-19)20-3/h14-18H,4-13H2,1-3H3. The normalized spacial score (nSPS) is 36.1. The largest absolute Gasteiger partial charge is 0.380 e. The lowest BCUT2D eigenvalue weighted by atomic mass is 9.76. The highest BCUT2D eigenvalue weighted by atomic mass is 16.5. The van der Waals surface area contributed by atoms with Gasteiger partial charge in [0.2, 0.25) is 0 Å². The van der Waals surface area contributed by atoms with Gasteiger partial charge >= 0.3 is 0 Å². The van der Waals surface area contributed by atoms with E-state index in [9.17, 15) is 0 Å². The third-order valence-corrected chi connectivity index (χ3v) is 5.45. The molecule has 0 spiro atoms. The molecule has 20 heavy (non-hydrogen) atoms. The van der Waals surface area contributed by atoms with Crippen LogP contribution in [0, 0.1) is 11.8 Å². The molecule has 4 atom stereocenters. The van der Waals surface area contributed by atoms with E-state index in [4.69, 9.17) is 4.74 Å². The Morgan fingerprint density at radius 2 is 2.10 bits per heavy atom. The fourth-order valence-electron chi connectivity index (χ4n) is 4.32. The van der Waals surface area contributed by atoms with Crippen LogP contribution in [0.1, 0.15) is 51.9 Å². The van der Waals surface area contributed by atoms with Crippen LogP contribution in [0.15, 0.2) is 0 Å². The third-order valence-electron chi connectivity index (χ3n) is 5.45.